The SMILES string of the molecule is CC(C)(C)OC(=O)NC(c1ncc(-c2ccc(-c3ccc4c(ccc5[nH]c(C(NC(=O)OC(C)(C)C)C(C)(C)C)nc54)c3)cc2)[nH]1)C(C)(C)C. The highest BCUT2D eigenvalue weighted by molar-refractivity contribution is 6.05. The minimum atomic E-state index is -0.602. The van der Waals surface area contributed by atoms with Crippen molar-refractivity contribution in [2.75, 3.05) is 0 Å². The first kappa shape index (κ1) is 36.4. The number of fused-ring (bicyclic) bond motifs is 3. The highest BCUT2D eigenvalue weighted by Gasteiger charge is 2.33. The molecule has 10 heteroatoms. The molecule has 0 radical (unpaired) electrons. The Morgan fingerprint density at radius 2 is 1.16 bits per heavy atom. The van der Waals surface area contributed by atoms with Crippen molar-refractivity contribution in [1.29, 1.82) is 0 Å². The van der Waals surface area contributed by atoms with Crippen LogP contribution in [0, 0.1) is 10.8 Å². The lowest BCUT2D eigenvalue weighted by Crippen LogP contribution is -2.40. The summed E-state index contributed by atoms with van der Waals surface area (Å²) in [5.74, 6) is 1.35. The van der Waals surface area contributed by atoms with Crippen molar-refractivity contribution in [1.82, 2.24) is 30.6 Å². The highest BCUT2D eigenvalue weighted by atomic mass is 16.6. The molecule has 10 nitrogen and oxygen atoms in total. The minimum Gasteiger partial charge on any atom is -0.444 e. The monoisotopic (exact) mass is 680 g/mol. The van der Waals surface area contributed by atoms with Crippen molar-refractivity contribution < 1.29 is 19.1 Å². The number of ether oxygens (including phenoxy) is 2. The summed E-state index contributed by atoms with van der Waals surface area (Å²) in [7, 11) is 0. The van der Waals surface area contributed by atoms with Crippen LogP contribution in [0.3, 0.4) is 0 Å². The molecule has 0 aliphatic heterocycles. The quantitative estimate of drug-likeness (QED) is 0.141. The molecule has 0 aliphatic rings. The average molecular weight is 681 g/mol. The second-order valence-electron chi connectivity index (χ2n) is 17.2. The molecule has 0 bridgehead atoms. The van der Waals surface area contributed by atoms with Gasteiger partial charge in [-0.1, -0.05) is 84.0 Å². The number of nitrogens with one attached hydrogen (secondary N) is 4. The Bertz CT molecular complexity index is 2000. The molecule has 0 fully saturated rings. The molecule has 2 heterocycles. The van der Waals surface area contributed by atoms with Gasteiger partial charge in [-0.15, -0.1) is 0 Å². The van der Waals surface area contributed by atoms with Gasteiger partial charge in [0, 0.05) is 5.39 Å². The summed E-state index contributed by atoms with van der Waals surface area (Å²) in [6, 6.07) is 18.1. The van der Waals surface area contributed by atoms with E-state index in [0.29, 0.717) is 11.6 Å². The van der Waals surface area contributed by atoms with Crippen molar-refractivity contribution in [2.24, 2.45) is 10.8 Å². The fraction of sp³-hybridized carbons (Fsp3) is 0.450. The van der Waals surface area contributed by atoms with Crippen molar-refractivity contribution in [3.63, 3.8) is 0 Å². The molecule has 3 aromatic carbocycles. The van der Waals surface area contributed by atoms with Crippen LogP contribution in [0.2, 0.25) is 0 Å². The molecule has 5 aromatic rings. The Hall–Kier alpha value is -4.86. The molecule has 0 saturated carbocycles. The van der Waals surface area contributed by atoms with Gasteiger partial charge >= 0.3 is 12.2 Å². The summed E-state index contributed by atoms with van der Waals surface area (Å²) in [6.07, 6.45) is 0.843. The fourth-order valence-electron chi connectivity index (χ4n) is 5.85. The molecule has 50 heavy (non-hydrogen) atoms. The van der Waals surface area contributed by atoms with Crippen LogP contribution in [0.4, 0.5) is 9.59 Å². The third-order valence-corrected chi connectivity index (χ3v) is 8.21. The number of aromatic amines is 2. The minimum absolute atomic E-state index is 0.305. The van der Waals surface area contributed by atoms with Gasteiger partial charge in [0.15, 0.2) is 0 Å². The average Bonchev–Trinajstić information content (AvgIpc) is 3.63. The number of carbonyl (C=O) groups excluding carboxylic acids is 2. The first-order valence-electron chi connectivity index (χ1n) is 17.1. The number of amides is 2. The third-order valence-electron chi connectivity index (χ3n) is 8.21. The molecule has 2 aromatic heterocycles. The Morgan fingerprint density at radius 1 is 0.640 bits per heavy atom. The molecule has 0 aliphatic carbocycles. The van der Waals surface area contributed by atoms with E-state index >= 15 is 0 Å². The van der Waals surface area contributed by atoms with Crippen LogP contribution in [0.15, 0.2) is 60.8 Å². The zero-order valence-electron chi connectivity index (χ0n) is 31.5. The molecular formula is C40H52N6O4. The Balaban J connectivity index is 1.38. The fourth-order valence-corrected chi connectivity index (χ4v) is 5.85. The predicted octanol–water partition coefficient (Wildman–Crippen LogP) is 10.00. The van der Waals surface area contributed by atoms with Crippen LogP contribution in [-0.2, 0) is 9.47 Å². The first-order chi connectivity index (χ1) is 23.1. The number of hydrogen-bond donors (Lipinski definition) is 4. The van der Waals surface area contributed by atoms with E-state index in [4.69, 9.17) is 14.5 Å². The number of nitrogens with zero attached hydrogens (tertiary/aromatic N) is 2. The lowest BCUT2D eigenvalue weighted by molar-refractivity contribution is 0.0448. The first-order valence-corrected chi connectivity index (χ1v) is 17.1. The predicted molar refractivity (Wildman–Crippen MR) is 200 cm³/mol. The number of hydrogen-bond acceptors (Lipinski definition) is 6. The van der Waals surface area contributed by atoms with Gasteiger partial charge in [-0.2, -0.15) is 0 Å². The maximum Gasteiger partial charge on any atom is 0.408 e. The molecule has 266 valence electrons. The van der Waals surface area contributed by atoms with Crippen molar-refractivity contribution in [3.05, 3.63) is 72.4 Å². The van der Waals surface area contributed by atoms with Gasteiger partial charge in [0.1, 0.15) is 22.9 Å². The van der Waals surface area contributed by atoms with Gasteiger partial charge < -0.3 is 30.1 Å². The molecule has 2 atom stereocenters. The Morgan fingerprint density at radius 3 is 1.70 bits per heavy atom. The second kappa shape index (κ2) is 13.1. The molecule has 4 N–H and O–H groups in total. The summed E-state index contributed by atoms with van der Waals surface area (Å²) < 4.78 is 11.1. The van der Waals surface area contributed by atoms with Gasteiger partial charge in [0.05, 0.1) is 35.0 Å². The van der Waals surface area contributed by atoms with Gasteiger partial charge in [0.2, 0.25) is 0 Å². The van der Waals surface area contributed by atoms with E-state index in [0.717, 1.165) is 44.2 Å². The van der Waals surface area contributed by atoms with Crippen LogP contribution < -0.4 is 10.6 Å². The summed E-state index contributed by atoms with van der Waals surface area (Å²) in [5, 5.41) is 8.11. The molecule has 0 saturated heterocycles. The Kier molecular flexibility index (Phi) is 9.55. The molecule has 5 rings (SSSR count). The molecule has 2 unspecified atom stereocenters. The zero-order chi connectivity index (χ0) is 36.8. The molecular weight excluding hydrogens is 628 g/mol. The van der Waals surface area contributed by atoms with Crippen molar-refractivity contribution in [2.45, 2.75) is 106 Å². The van der Waals surface area contributed by atoms with Gasteiger partial charge in [-0.3, -0.25) is 0 Å². The standard InChI is InChI=1S/C40H52N6O4/c1-37(2,3)31(45-35(47)49-39(7,8)9)33-41-22-29(43-33)24-15-13-23(14-16-24)25-17-19-27-26(21-25)18-20-28-30(27)44-34(42-28)32(38(4,5)6)46-36(48)50-40(10,11)12/h13-22,31-32H,1-12H3,(H,41,43)(H,42,44)(H,45,47)(H,46,48). The maximum absolute atomic E-state index is 12.7. The van der Waals surface area contributed by atoms with E-state index in [9.17, 15) is 9.59 Å². The number of benzene rings is 3. The van der Waals surface area contributed by atoms with E-state index in [2.05, 4.69) is 116 Å². The third kappa shape index (κ3) is 8.64. The summed E-state index contributed by atoms with van der Waals surface area (Å²) in [4.78, 5) is 41.9. The number of carbonyl (C=O) groups is 2. The number of rotatable bonds is 6. The normalized spacial score (nSPS) is 14.0. The van der Waals surface area contributed by atoms with Crippen molar-refractivity contribution >= 4 is 34.0 Å². The van der Waals surface area contributed by atoms with Crippen molar-refractivity contribution in [3.8, 4) is 22.4 Å². The van der Waals surface area contributed by atoms with E-state index in [1.54, 1.807) is 6.20 Å². The van der Waals surface area contributed by atoms with Crippen LogP contribution in [0.1, 0.15) is 107 Å². The summed E-state index contributed by atoms with van der Waals surface area (Å²) >= 11 is 0. The van der Waals surface area contributed by atoms with E-state index in [1.165, 1.54) is 0 Å². The van der Waals surface area contributed by atoms with Gasteiger partial charge in [-0.05, 0) is 86.6 Å². The summed E-state index contributed by atoms with van der Waals surface area (Å²) in [5.41, 5.74) is 3.93. The molecule has 2 amide bonds. The van der Waals surface area contributed by atoms with E-state index < -0.39 is 23.4 Å². The second-order valence-corrected chi connectivity index (χ2v) is 17.2. The van der Waals surface area contributed by atoms with Crippen LogP contribution in [0.5, 0.6) is 0 Å². The number of aromatic nitrogens is 4. The molecule has 0 spiro atoms. The largest absolute Gasteiger partial charge is 0.444 e. The topological polar surface area (TPSA) is 134 Å². The van der Waals surface area contributed by atoms with Crippen LogP contribution in [-0.4, -0.2) is 43.3 Å². The smallest absolute Gasteiger partial charge is 0.408 e. The van der Waals surface area contributed by atoms with Gasteiger partial charge in [0.25, 0.3) is 0 Å². The lowest BCUT2D eigenvalue weighted by Gasteiger charge is -2.31. The van der Waals surface area contributed by atoms with E-state index in [-0.39, 0.29) is 22.9 Å². The number of H-pyrrole nitrogens is 2. The van der Waals surface area contributed by atoms with Crippen LogP contribution in [0.25, 0.3) is 44.2 Å². The zero-order valence-corrected chi connectivity index (χ0v) is 31.5. The van der Waals surface area contributed by atoms with Crippen LogP contribution >= 0.6 is 0 Å². The number of alkyl carbamates (subject to hydrolysis) is 2. The van der Waals surface area contributed by atoms with E-state index in [1.807, 2.05) is 47.6 Å². The Labute approximate surface area is 295 Å². The maximum atomic E-state index is 12.7. The highest BCUT2D eigenvalue weighted by Crippen LogP contribution is 2.36. The lowest BCUT2D eigenvalue weighted by atomic mass is 9.86. The summed E-state index contributed by atoms with van der Waals surface area (Å²) in [6.45, 7) is 23.4. The number of imidazole rings is 2. The van der Waals surface area contributed by atoms with Gasteiger partial charge in [-0.25, -0.2) is 19.6 Å².